The molecule has 1 N–H and O–H groups in total. The van der Waals surface area contributed by atoms with Crippen molar-refractivity contribution in [3.8, 4) is 0 Å². The molecule has 0 aliphatic rings. The van der Waals surface area contributed by atoms with E-state index in [-0.39, 0.29) is 11.9 Å². The third-order valence-corrected chi connectivity index (χ3v) is 3.52. The average molecular weight is 257 g/mol. The molecule has 0 bridgehead atoms. The molecule has 19 heavy (non-hydrogen) atoms. The smallest absolute Gasteiger partial charge is 0.123 e. The second-order valence-electron chi connectivity index (χ2n) is 5.09. The van der Waals surface area contributed by atoms with Crippen LogP contribution in [0.15, 0.2) is 36.4 Å². The monoisotopic (exact) mass is 257 g/mol. The zero-order valence-electron chi connectivity index (χ0n) is 11.9. The molecular weight excluding hydrogens is 237 g/mol. The van der Waals surface area contributed by atoms with Crippen molar-refractivity contribution in [3.63, 3.8) is 0 Å². The van der Waals surface area contributed by atoms with Gasteiger partial charge in [0.25, 0.3) is 0 Å². The lowest BCUT2D eigenvalue weighted by Crippen LogP contribution is -2.20. The minimum absolute atomic E-state index is 0.0983. The van der Waals surface area contributed by atoms with Crippen LogP contribution in [0.1, 0.15) is 33.9 Å². The van der Waals surface area contributed by atoms with Crippen molar-refractivity contribution in [2.24, 2.45) is 0 Å². The first kappa shape index (κ1) is 13.8. The van der Waals surface area contributed by atoms with Crippen LogP contribution in [0.4, 0.5) is 4.39 Å². The van der Waals surface area contributed by atoms with E-state index in [0.717, 1.165) is 5.56 Å². The molecule has 2 heteroatoms. The Balaban J connectivity index is 2.51. The van der Waals surface area contributed by atoms with Gasteiger partial charge in [0.1, 0.15) is 5.82 Å². The molecule has 2 aromatic rings. The standard InChI is InChI=1S/C17H20FN/c1-11-9-12(2)16(13(3)10-11)17(19-4)14-5-7-15(18)8-6-14/h5-10,17,19H,1-4H3. The van der Waals surface area contributed by atoms with Crippen molar-refractivity contribution in [1.29, 1.82) is 0 Å². The maximum atomic E-state index is 13.0. The topological polar surface area (TPSA) is 12.0 Å². The molecule has 0 heterocycles. The third-order valence-electron chi connectivity index (χ3n) is 3.52. The normalized spacial score (nSPS) is 12.5. The van der Waals surface area contributed by atoms with E-state index in [9.17, 15) is 4.39 Å². The molecule has 1 atom stereocenters. The summed E-state index contributed by atoms with van der Waals surface area (Å²) in [6.45, 7) is 6.36. The van der Waals surface area contributed by atoms with E-state index in [0.29, 0.717) is 0 Å². The van der Waals surface area contributed by atoms with Gasteiger partial charge in [-0.15, -0.1) is 0 Å². The Morgan fingerprint density at radius 2 is 1.47 bits per heavy atom. The van der Waals surface area contributed by atoms with Crippen LogP contribution in [-0.2, 0) is 0 Å². The summed E-state index contributed by atoms with van der Waals surface area (Å²) in [5, 5.41) is 3.33. The van der Waals surface area contributed by atoms with Crippen LogP contribution < -0.4 is 5.32 Å². The third kappa shape index (κ3) is 2.85. The van der Waals surface area contributed by atoms with Gasteiger partial charge in [-0.2, -0.15) is 0 Å². The summed E-state index contributed by atoms with van der Waals surface area (Å²) in [6, 6.07) is 11.2. The minimum atomic E-state index is -0.198. The Hall–Kier alpha value is -1.67. The summed E-state index contributed by atoms with van der Waals surface area (Å²) < 4.78 is 13.0. The fraction of sp³-hybridized carbons (Fsp3) is 0.294. The van der Waals surface area contributed by atoms with Gasteiger partial charge in [-0.05, 0) is 62.2 Å². The van der Waals surface area contributed by atoms with Crippen LogP contribution in [0.5, 0.6) is 0 Å². The zero-order valence-corrected chi connectivity index (χ0v) is 11.9. The SMILES string of the molecule is CNC(c1ccc(F)cc1)c1c(C)cc(C)cc1C. The molecule has 1 nitrogen and oxygen atoms in total. The Morgan fingerprint density at radius 3 is 1.95 bits per heavy atom. The molecule has 0 fully saturated rings. The highest BCUT2D eigenvalue weighted by atomic mass is 19.1. The summed E-state index contributed by atoms with van der Waals surface area (Å²) in [6.07, 6.45) is 0. The molecular formula is C17H20FN. The lowest BCUT2D eigenvalue weighted by atomic mass is 9.90. The lowest BCUT2D eigenvalue weighted by molar-refractivity contribution is 0.623. The highest BCUT2D eigenvalue weighted by Gasteiger charge is 2.16. The molecule has 100 valence electrons. The molecule has 0 saturated heterocycles. The first-order chi connectivity index (χ1) is 9.02. The van der Waals surface area contributed by atoms with E-state index in [1.165, 1.54) is 34.4 Å². The Kier molecular flexibility index (Phi) is 4.01. The van der Waals surface area contributed by atoms with Crippen molar-refractivity contribution in [2.75, 3.05) is 7.05 Å². The summed E-state index contributed by atoms with van der Waals surface area (Å²) in [5.41, 5.74) is 6.16. The predicted octanol–water partition coefficient (Wildman–Crippen LogP) is 4.06. The molecule has 2 rings (SSSR count). The van der Waals surface area contributed by atoms with Gasteiger partial charge >= 0.3 is 0 Å². The number of halogens is 1. The van der Waals surface area contributed by atoms with Crippen molar-refractivity contribution in [1.82, 2.24) is 5.32 Å². The van der Waals surface area contributed by atoms with E-state index >= 15 is 0 Å². The number of nitrogens with one attached hydrogen (secondary N) is 1. The summed E-state index contributed by atoms with van der Waals surface area (Å²) in [7, 11) is 1.94. The number of benzene rings is 2. The van der Waals surface area contributed by atoms with Crippen LogP contribution in [0.2, 0.25) is 0 Å². The average Bonchev–Trinajstić information content (AvgIpc) is 2.35. The Bertz CT molecular complexity index is 549. The maximum absolute atomic E-state index is 13.0. The Labute approximate surface area is 114 Å². The fourth-order valence-electron chi connectivity index (χ4n) is 2.78. The van der Waals surface area contributed by atoms with Crippen LogP contribution in [-0.4, -0.2) is 7.05 Å². The van der Waals surface area contributed by atoms with E-state index in [1.54, 1.807) is 0 Å². The highest BCUT2D eigenvalue weighted by molar-refractivity contribution is 5.44. The van der Waals surface area contributed by atoms with Crippen molar-refractivity contribution >= 4 is 0 Å². The van der Waals surface area contributed by atoms with E-state index in [1.807, 2.05) is 19.2 Å². The predicted molar refractivity (Wildman–Crippen MR) is 78.0 cm³/mol. The van der Waals surface area contributed by atoms with Gasteiger partial charge in [-0.1, -0.05) is 29.8 Å². The number of hydrogen-bond acceptors (Lipinski definition) is 1. The van der Waals surface area contributed by atoms with Gasteiger partial charge in [-0.25, -0.2) is 4.39 Å². The second-order valence-corrected chi connectivity index (χ2v) is 5.09. The largest absolute Gasteiger partial charge is 0.309 e. The maximum Gasteiger partial charge on any atom is 0.123 e. The summed E-state index contributed by atoms with van der Waals surface area (Å²) in [4.78, 5) is 0. The van der Waals surface area contributed by atoms with Crippen molar-refractivity contribution < 1.29 is 4.39 Å². The fourth-order valence-corrected chi connectivity index (χ4v) is 2.78. The number of aryl methyl sites for hydroxylation is 3. The molecule has 0 aromatic heterocycles. The van der Waals surface area contributed by atoms with Gasteiger partial charge in [0.05, 0.1) is 6.04 Å². The molecule has 1 unspecified atom stereocenters. The Morgan fingerprint density at radius 1 is 0.947 bits per heavy atom. The van der Waals surface area contributed by atoms with Gasteiger partial charge in [0, 0.05) is 0 Å². The molecule has 0 spiro atoms. The van der Waals surface area contributed by atoms with Gasteiger partial charge in [0.2, 0.25) is 0 Å². The molecule has 0 aliphatic carbocycles. The lowest BCUT2D eigenvalue weighted by Gasteiger charge is -2.22. The first-order valence-electron chi connectivity index (χ1n) is 6.53. The van der Waals surface area contributed by atoms with Gasteiger partial charge in [0.15, 0.2) is 0 Å². The van der Waals surface area contributed by atoms with Gasteiger partial charge in [-0.3, -0.25) is 0 Å². The van der Waals surface area contributed by atoms with Crippen LogP contribution in [0.3, 0.4) is 0 Å². The molecule has 2 aromatic carbocycles. The number of rotatable bonds is 3. The van der Waals surface area contributed by atoms with E-state index in [2.05, 4.69) is 38.2 Å². The summed E-state index contributed by atoms with van der Waals surface area (Å²) in [5.74, 6) is -0.198. The summed E-state index contributed by atoms with van der Waals surface area (Å²) >= 11 is 0. The van der Waals surface area contributed by atoms with Crippen LogP contribution >= 0.6 is 0 Å². The van der Waals surface area contributed by atoms with Crippen LogP contribution in [0.25, 0.3) is 0 Å². The van der Waals surface area contributed by atoms with Crippen LogP contribution in [0, 0.1) is 26.6 Å². The van der Waals surface area contributed by atoms with Crippen molar-refractivity contribution in [3.05, 3.63) is 70.0 Å². The van der Waals surface area contributed by atoms with E-state index in [4.69, 9.17) is 0 Å². The van der Waals surface area contributed by atoms with Crippen molar-refractivity contribution in [2.45, 2.75) is 26.8 Å². The number of hydrogen-bond donors (Lipinski definition) is 1. The van der Waals surface area contributed by atoms with E-state index < -0.39 is 0 Å². The molecule has 0 amide bonds. The molecule has 0 saturated carbocycles. The first-order valence-corrected chi connectivity index (χ1v) is 6.53. The zero-order chi connectivity index (χ0) is 14.0. The molecule has 0 radical (unpaired) electrons. The second kappa shape index (κ2) is 5.54. The quantitative estimate of drug-likeness (QED) is 0.874. The van der Waals surface area contributed by atoms with Gasteiger partial charge < -0.3 is 5.32 Å². The minimum Gasteiger partial charge on any atom is -0.309 e. The highest BCUT2D eigenvalue weighted by Crippen LogP contribution is 2.28. The molecule has 0 aliphatic heterocycles.